The number of nitrogens with one attached hydrogen (secondary N) is 1. The van der Waals surface area contributed by atoms with E-state index in [1.165, 1.54) is 24.7 Å². The summed E-state index contributed by atoms with van der Waals surface area (Å²) >= 11 is 5.41. The molecule has 1 fully saturated rings. The maximum absolute atomic E-state index is 13.2. The second-order valence-electron chi connectivity index (χ2n) is 4.26. The fraction of sp³-hybridized carbons (Fsp3) is 0.500. The SMILES string of the molecule is NNC(Cc1cc(F)ccc1Br)C1CCCS1. The Morgan fingerprint density at radius 1 is 1.59 bits per heavy atom. The Morgan fingerprint density at radius 3 is 3.06 bits per heavy atom. The van der Waals surface area contributed by atoms with Crippen LogP contribution in [0.25, 0.3) is 0 Å². The zero-order valence-electron chi connectivity index (χ0n) is 9.46. The molecule has 0 saturated carbocycles. The monoisotopic (exact) mass is 318 g/mol. The molecule has 0 aromatic heterocycles. The molecule has 94 valence electrons. The van der Waals surface area contributed by atoms with Crippen molar-refractivity contribution < 1.29 is 4.39 Å². The van der Waals surface area contributed by atoms with Gasteiger partial charge in [-0.1, -0.05) is 15.9 Å². The molecule has 17 heavy (non-hydrogen) atoms. The molecule has 1 aliphatic rings. The third kappa shape index (κ3) is 3.44. The number of hydrogen-bond acceptors (Lipinski definition) is 3. The van der Waals surface area contributed by atoms with Gasteiger partial charge in [0.25, 0.3) is 0 Å². The summed E-state index contributed by atoms with van der Waals surface area (Å²) in [4.78, 5) is 0. The van der Waals surface area contributed by atoms with E-state index in [4.69, 9.17) is 5.84 Å². The van der Waals surface area contributed by atoms with Crippen molar-refractivity contribution in [2.24, 2.45) is 5.84 Å². The van der Waals surface area contributed by atoms with E-state index in [-0.39, 0.29) is 11.9 Å². The van der Waals surface area contributed by atoms with Gasteiger partial charge < -0.3 is 0 Å². The molecular weight excluding hydrogens is 303 g/mol. The Labute approximate surface area is 114 Å². The fourth-order valence-corrected chi connectivity index (χ4v) is 3.94. The summed E-state index contributed by atoms with van der Waals surface area (Å²) in [5, 5.41) is 0.537. The van der Waals surface area contributed by atoms with Crippen molar-refractivity contribution in [1.82, 2.24) is 5.43 Å². The maximum Gasteiger partial charge on any atom is 0.123 e. The molecule has 1 heterocycles. The summed E-state index contributed by atoms with van der Waals surface area (Å²) < 4.78 is 14.1. The van der Waals surface area contributed by atoms with Crippen molar-refractivity contribution in [1.29, 1.82) is 0 Å². The molecule has 2 atom stereocenters. The van der Waals surface area contributed by atoms with Crippen LogP contribution in [-0.4, -0.2) is 17.0 Å². The number of rotatable bonds is 4. The van der Waals surface area contributed by atoms with Gasteiger partial charge in [0.15, 0.2) is 0 Å². The lowest BCUT2D eigenvalue weighted by Gasteiger charge is -2.22. The minimum absolute atomic E-state index is 0.196. The lowest BCUT2D eigenvalue weighted by molar-refractivity contribution is 0.494. The normalized spacial score (nSPS) is 21.7. The van der Waals surface area contributed by atoms with Gasteiger partial charge in [-0.05, 0) is 48.8 Å². The van der Waals surface area contributed by atoms with Crippen LogP contribution in [0.2, 0.25) is 0 Å². The summed E-state index contributed by atoms with van der Waals surface area (Å²) in [6.45, 7) is 0. The van der Waals surface area contributed by atoms with Crippen LogP contribution in [0.3, 0.4) is 0 Å². The maximum atomic E-state index is 13.2. The van der Waals surface area contributed by atoms with E-state index in [2.05, 4.69) is 21.4 Å². The number of halogens is 2. The van der Waals surface area contributed by atoms with E-state index < -0.39 is 0 Å². The molecular formula is C12H16BrFN2S. The van der Waals surface area contributed by atoms with Gasteiger partial charge in [-0.2, -0.15) is 11.8 Å². The fourth-order valence-electron chi connectivity index (χ4n) is 2.15. The number of thioether (sulfide) groups is 1. The van der Waals surface area contributed by atoms with Gasteiger partial charge in [0.1, 0.15) is 5.82 Å². The molecule has 1 saturated heterocycles. The van der Waals surface area contributed by atoms with Crippen molar-refractivity contribution in [3.63, 3.8) is 0 Å². The zero-order chi connectivity index (χ0) is 12.3. The quantitative estimate of drug-likeness (QED) is 0.662. The van der Waals surface area contributed by atoms with E-state index in [0.717, 1.165) is 16.5 Å². The Morgan fingerprint density at radius 2 is 2.41 bits per heavy atom. The van der Waals surface area contributed by atoms with Crippen LogP contribution >= 0.6 is 27.7 Å². The van der Waals surface area contributed by atoms with Crippen LogP contribution in [-0.2, 0) is 6.42 Å². The molecule has 2 nitrogen and oxygen atoms in total. The summed E-state index contributed by atoms with van der Waals surface area (Å²) in [5.41, 5.74) is 3.85. The second kappa shape index (κ2) is 6.18. The first-order chi connectivity index (χ1) is 8.20. The predicted octanol–water partition coefficient (Wildman–Crippen LogP) is 2.86. The average molecular weight is 319 g/mol. The molecule has 0 spiro atoms. The highest BCUT2D eigenvalue weighted by Gasteiger charge is 2.25. The van der Waals surface area contributed by atoms with Crippen molar-refractivity contribution in [2.45, 2.75) is 30.6 Å². The van der Waals surface area contributed by atoms with Gasteiger partial charge in [0.05, 0.1) is 0 Å². The van der Waals surface area contributed by atoms with E-state index in [1.807, 2.05) is 11.8 Å². The Balaban J connectivity index is 2.09. The van der Waals surface area contributed by atoms with Gasteiger partial charge in [-0.15, -0.1) is 0 Å². The summed E-state index contributed by atoms with van der Waals surface area (Å²) in [6, 6.07) is 5.00. The molecule has 1 aliphatic heterocycles. The number of benzene rings is 1. The van der Waals surface area contributed by atoms with Crippen LogP contribution in [0.4, 0.5) is 4.39 Å². The first-order valence-corrected chi connectivity index (χ1v) is 7.56. The van der Waals surface area contributed by atoms with Crippen LogP contribution in [0, 0.1) is 5.82 Å². The van der Waals surface area contributed by atoms with Crippen molar-refractivity contribution >= 4 is 27.7 Å². The minimum atomic E-state index is -0.196. The highest BCUT2D eigenvalue weighted by molar-refractivity contribution is 9.10. The second-order valence-corrected chi connectivity index (χ2v) is 6.47. The van der Waals surface area contributed by atoms with Crippen LogP contribution in [0.5, 0.6) is 0 Å². The van der Waals surface area contributed by atoms with Crippen LogP contribution in [0.15, 0.2) is 22.7 Å². The first kappa shape index (κ1) is 13.3. The minimum Gasteiger partial charge on any atom is -0.271 e. The first-order valence-electron chi connectivity index (χ1n) is 5.72. The highest BCUT2D eigenvalue weighted by atomic mass is 79.9. The van der Waals surface area contributed by atoms with Crippen LogP contribution in [0.1, 0.15) is 18.4 Å². The van der Waals surface area contributed by atoms with E-state index in [0.29, 0.717) is 5.25 Å². The Hall–Kier alpha value is -0.100. The largest absolute Gasteiger partial charge is 0.271 e. The summed E-state index contributed by atoms with van der Waals surface area (Å²) in [5.74, 6) is 6.62. The van der Waals surface area contributed by atoms with Crippen molar-refractivity contribution in [2.75, 3.05) is 5.75 Å². The summed E-state index contributed by atoms with van der Waals surface area (Å²) in [6.07, 6.45) is 3.19. The van der Waals surface area contributed by atoms with Crippen molar-refractivity contribution in [3.8, 4) is 0 Å². The predicted molar refractivity (Wildman–Crippen MR) is 74.4 cm³/mol. The molecule has 0 amide bonds. The molecule has 5 heteroatoms. The average Bonchev–Trinajstić information content (AvgIpc) is 2.84. The van der Waals surface area contributed by atoms with E-state index in [9.17, 15) is 4.39 Å². The molecule has 3 N–H and O–H groups in total. The number of nitrogens with two attached hydrogens (primary N) is 1. The molecule has 1 aromatic rings. The molecule has 0 radical (unpaired) electrons. The summed E-state index contributed by atoms with van der Waals surface area (Å²) in [7, 11) is 0. The van der Waals surface area contributed by atoms with Gasteiger partial charge in [-0.25, -0.2) is 4.39 Å². The molecule has 1 aromatic carbocycles. The molecule has 2 rings (SSSR count). The zero-order valence-corrected chi connectivity index (χ0v) is 11.9. The molecule has 2 unspecified atom stereocenters. The smallest absolute Gasteiger partial charge is 0.123 e. The highest BCUT2D eigenvalue weighted by Crippen LogP contribution is 2.31. The number of hydrazine groups is 1. The van der Waals surface area contributed by atoms with Crippen LogP contribution < -0.4 is 11.3 Å². The van der Waals surface area contributed by atoms with E-state index in [1.54, 1.807) is 12.1 Å². The lowest BCUT2D eigenvalue weighted by atomic mass is 10.0. The van der Waals surface area contributed by atoms with Gasteiger partial charge in [-0.3, -0.25) is 11.3 Å². The van der Waals surface area contributed by atoms with E-state index >= 15 is 0 Å². The van der Waals surface area contributed by atoms with Gasteiger partial charge >= 0.3 is 0 Å². The standard InChI is InChI=1S/C12H16BrFN2S/c13-10-4-3-9(14)6-8(10)7-11(16-15)12-2-1-5-17-12/h3-4,6,11-12,16H,1-2,5,7,15H2. The molecule has 0 aliphatic carbocycles. The lowest BCUT2D eigenvalue weighted by Crippen LogP contribution is -2.43. The Bertz CT molecular complexity index is 383. The topological polar surface area (TPSA) is 38.0 Å². The van der Waals surface area contributed by atoms with Gasteiger partial charge in [0.2, 0.25) is 0 Å². The Kier molecular flexibility index (Phi) is 4.85. The molecule has 0 bridgehead atoms. The third-order valence-electron chi connectivity index (χ3n) is 3.08. The van der Waals surface area contributed by atoms with Crippen molar-refractivity contribution in [3.05, 3.63) is 34.1 Å². The number of hydrogen-bond donors (Lipinski definition) is 2. The third-order valence-corrected chi connectivity index (χ3v) is 5.37. The van der Waals surface area contributed by atoms with Gasteiger partial charge in [0, 0.05) is 15.8 Å².